The molecular weight excluding hydrogens is 229 g/mol. The van der Waals surface area contributed by atoms with Gasteiger partial charge in [-0.05, 0) is 44.0 Å². The molecule has 1 rings (SSSR count). The molecule has 0 amide bonds. The smallest absolute Gasteiger partial charge is 0.176 e. The van der Waals surface area contributed by atoms with Crippen molar-refractivity contribution in [2.75, 3.05) is 13.1 Å². The number of carbonyl (C=O) groups excluding carboxylic acids is 1. The van der Waals surface area contributed by atoms with Crippen LogP contribution in [0, 0.1) is 11.7 Å². The van der Waals surface area contributed by atoms with Gasteiger partial charge in [0.25, 0.3) is 0 Å². The van der Waals surface area contributed by atoms with Crippen molar-refractivity contribution in [3.8, 4) is 0 Å². The minimum atomic E-state index is -0.311. The lowest BCUT2D eigenvalue weighted by atomic mass is 10.1. The Balaban J connectivity index is 2.69. The van der Waals surface area contributed by atoms with Crippen molar-refractivity contribution >= 4 is 5.78 Å². The van der Waals surface area contributed by atoms with Crippen LogP contribution in [0.4, 0.5) is 4.39 Å². The van der Waals surface area contributed by atoms with Gasteiger partial charge in [0.1, 0.15) is 5.82 Å². The van der Waals surface area contributed by atoms with Gasteiger partial charge in [-0.1, -0.05) is 13.8 Å². The molecule has 0 atom stereocenters. The molecule has 18 heavy (non-hydrogen) atoms. The molecular formula is C15H22FNO. The van der Waals surface area contributed by atoms with Gasteiger partial charge in [0.2, 0.25) is 0 Å². The number of hydrogen-bond acceptors (Lipinski definition) is 2. The van der Waals surface area contributed by atoms with E-state index in [1.54, 1.807) is 12.1 Å². The molecule has 1 aromatic rings. The van der Waals surface area contributed by atoms with E-state index in [1.165, 1.54) is 12.1 Å². The van der Waals surface area contributed by atoms with Crippen LogP contribution in [0.2, 0.25) is 0 Å². The zero-order chi connectivity index (χ0) is 13.7. The average molecular weight is 251 g/mol. The van der Waals surface area contributed by atoms with Gasteiger partial charge in [-0.2, -0.15) is 0 Å². The summed E-state index contributed by atoms with van der Waals surface area (Å²) in [4.78, 5) is 14.2. The number of ketones is 1. The Morgan fingerprint density at radius 2 is 1.72 bits per heavy atom. The molecule has 0 radical (unpaired) electrons. The van der Waals surface area contributed by atoms with Crippen LogP contribution >= 0.6 is 0 Å². The number of benzene rings is 1. The van der Waals surface area contributed by atoms with E-state index in [-0.39, 0.29) is 11.6 Å². The minimum Gasteiger partial charge on any atom is -0.293 e. The number of Topliss-reactive ketones (excluding diaryl/α,β-unsaturated/α-hetero) is 1. The Hall–Kier alpha value is -1.22. The maximum atomic E-state index is 12.8. The van der Waals surface area contributed by atoms with Crippen molar-refractivity contribution in [3.63, 3.8) is 0 Å². The van der Waals surface area contributed by atoms with E-state index in [2.05, 4.69) is 32.6 Å². The summed E-state index contributed by atoms with van der Waals surface area (Å²) >= 11 is 0. The zero-order valence-electron chi connectivity index (χ0n) is 11.6. The summed E-state index contributed by atoms with van der Waals surface area (Å²) in [6, 6.07) is 6.08. The Kier molecular flexibility index (Phi) is 5.48. The number of carbonyl (C=O) groups is 1. The third-order valence-corrected chi connectivity index (χ3v) is 2.84. The molecule has 0 aliphatic carbocycles. The molecule has 0 aromatic heterocycles. The third kappa shape index (κ3) is 4.57. The van der Waals surface area contributed by atoms with Crippen LogP contribution in [-0.4, -0.2) is 29.8 Å². The van der Waals surface area contributed by atoms with Gasteiger partial charge < -0.3 is 0 Å². The number of hydrogen-bond donors (Lipinski definition) is 0. The summed E-state index contributed by atoms with van der Waals surface area (Å²) in [5, 5.41) is 0. The molecule has 0 saturated heterocycles. The van der Waals surface area contributed by atoms with Crippen molar-refractivity contribution in [3.05, 3.63) is 35.6 Å². The third-order valence-electron chi connectivity index (χ3n) is 2.84. The van der Waals surface area contributed by atoms with Gasteiger partial charge in [0, 0.05) is 18.2 Å². The molecule has 0 heterocycles. The maximum Gasteiger partial charge on any atom is 0.176 e. The summed E-state index contributed by atoms with van der Waals surface area (Å²) in [6.07, 6.45) is 0. The summed E-state index contributed by atoms with van der Waals surface area (Å²) in [7, 11) is 0. The Labute approximate surface area is 109 Å². The monoisotopic (exact) mass is 251 g/mol. The van der Waals surface area contributed by atoms with Crippen molar-refractivity contribution in [1.82, 2.24) is 4.90 Å². The second kappa shape index (κ2) is 6.64. The molecule has 0 fully saturated rings. The van der Waals surface area contributed by atoms with E-state index in [0.29, 0.717) is 24.1 Å². The summed E-state index contributed by atoms with van der Waals surface area (Å²) in [6.45, 7) is 9.72. The second-order valence-electron chi connectivity index (χ2n) is 5.35. The van der Waals surface area contributed by atoms with Gasteiger partial charge in [-0.15, -0.1) is 0 Å². The first-order valence-corrected chi connectivity index (χ1v) is 6.43. The summed E-state index contributed by atoms with van der Waals surface area (Å²) in [5.41, 5.74) is 0.575. The van der Waals surface area contributed by atoms with Gasteiger partial charge in [-0.3, -0.25) is 9.69 Å². The van der Waals surface area contributed by atoms with Crippen molar-refractivity contribution in [2.45, 2.75) is 33.7 Å². The van der Waals surface area contributed by atoms with Crippen molar-refractivity contribution in [1.29, 1.82) is 0 Å². The predicted molar refractivity (Wildman–Crippen MR) is 72.3 cm³/mol. The summed E-state index contributed by atoms with van der Waals surface area (Å²) < 4.78 is 12.8. The minimum absolute atomic E-state index is 0.0457. The predicted octanol–water partition coefficient (Wildman–Crippen LogP) is 3.37. The average Bonchev–Trinajstić information content (AvgIpc) is 2.28. The molecule has 100 valence electrons. The largest absolute Gasteiger partial charge is 0.293 e. The van der Waals surface area contributed by atoms with E-state index in [4.69, 9.17) is 0 Å². The molecule has 3 heteroatoms. The van der Waals surface area contributed by atoms with Crippen LogP contribution in [0.1, 0.15) is 38.1 Å². The molecule has 1 aromatic carbocycles. The topological polar surface area (TPSA) is 20.3 Å². The molecule has 0 aliphatic rings. The molecule has 0 unspecified atom stereocenters. The van der Waals surface area contributed by atoms with Crippen LogP contribution < -0.4 is 0 Å². The molecule has 2 nitrogen and oxygen atoms in total. The fourth-order valence-electron chi connectivity index (χ4n) is 1.84. The molecule has 0 bridgehead atoms. The fraction of sp³-hybridized carbons (Fsp3) is 0.533. The highest BCUT2D eigenvalue weighted by Crippen LogP contribution is 2.09. The Morgan fingerprint density at radius 1 is 1.17 bits per heavy atom. The fourth-order valence-corrected chi connectivity index (χ4v) is 1.84. The van der Waals surface area contributed by atoms with Crippen LogP contribution in [0.25, 0.3) is 0 Å². The number of rotatable bonds is 6. The summed E-state index contributed by atoms with van der Waals surface area (Å²) in [5.74, 6) is 0.257. The molecule has 0 N–H and O–H groups in total. The Morgan fingerprint density at radius 3 is 2.17 bits per heavy atom. The van der Waals surface area contributed by atoms with Crippen molar-refractivity contribution in [2.24, 2.45) is 5.92 Å². The SMILES string of the molecule is CC(C)CN(CC(=O)c1ccc(F)cc1)C(C)C. The zero-order valence-corrected chi connectivity index (χ0v) is 11.6. The normalized spacial score (nSPS) is 11.6. The molecule has 0 spiro atoms. The van der Waals surface area contributed by atoms with E-state index in [9.17, 15) is 9.18 Å². The van der Waals surface area contributed by atoms with Crippen LogP contribution in [0.15, 0.2) is 24.3 Å². The van der Waals surface area contributed by atoms with Crippen molar-refractivity contribution < 1.29 is 9.18 Å². The van der Waals surface area contributed by atoms with E-state index in [0.717, 1.165) is 6.54 Å². The molecule has 0 aliphatic heterocycles. The van der Waals surface area contributed by atoms with Crippen LogP contribution in [-0.2, 0) is 0 Å². The lowest BCUT2D eigenvalue weighted by Crippen LogP contribution is -2.38. The quantitative estimate of drug-likeness (QED) is 0.722. The van der Waals surface area contributed by atoms with E-state index < -0.39 is 0 Å². The highest BCUT2D eigenvalue weighted by atomic mass is 19.1. The maximum absolute atomic E-state index is 12.8. The highest BCUT2D eigenvalue weighted by molar-refractivity contribution is 5.97. The van der Waals surface area contributed by atoms with Gasteiger partial charge in [0.15, 0.2) is 5.78 Å². The van der Waals surface area contributed by atoms with Gasteiger partial charge >= 0.3 is 0 Å². The Bertz CT molecular complexity index is 384. The van der Waals surface area contributed by atoms with Gasteiger partial charge in [0.05, 0.1) is 6.54 Å². The first-order valence-electron chi connectivity index (χ1n) is 6.43. The second-order valence-corrected chi connectivity index (χ2v) is 5.35. The lowest BCUT2D eigenvalue weighted by Gasteiger charge is -2.27. The van der Waals surface area contributed by atoms with Crippen LogP contribution in [0.5, 0.6) is 0 Å². The number of nitrogens with zero attached hydrogens (tertiary/aromatic N) is 1. The lowest BCUT2D eigenvalue weighted by molar-refractivity contribution is 0.0892. The first kappa shape index (κ1) is 14.8. The van der Waals surface area contributed by atoms with E-state index >= 15 is 0 Å². The highest BCUT2D eigenvalue weighted by Gasteiger charge is 2.16. The van der Waals surface area contributed by atoms with Gasteiger partial charge in [-0.25, -0.2) is 4.39 Å². The molecule has 0 saturated carbocycles. The first-order chi connectivity index (χ1) is 8.40. The van der Waals surface area contributed by atoms with E-state index in [1.807, 2.05) is 0 Å². The standard InChI is InChI=1S/C15H22FNO/c1-11(2)9-17(12(3)4)10-15(18)13-5-7-14(16)8-6-13/h5-8,11-12H,9-10H2,1-4H3. The van der Waals surface area contributed by atoms with Crippen LogP contribution in [0.3, 0.4) is 0 Å². The number of halogens is 1.